The van der Waals surface area contributed by atoms with E-state index in [0.29, 0.717) is 18.8 Å². The maximum atomic E-state index is 13.4. The van der Waals surface area contributed by atoms with E-state index in [4.69, 9.17) is 0 Å². The molecule has 3 rings (SSSR count). The number of anilines is 1. The zero-order valence-corrected chi connectivity index (χ0v) is 16.6. The first-order valence-electron chi connectivity index (χ1n) is 9.22. The van der Waals surface area contributed by atoms with Gasteiger partial charge in [0.1, 0.15) is 0 Å². The Hall–Kier alpha value is -2.68. The fourth-order valence-corrected chi connectivity index (χ4v) is 4.10. The van der Waals surface area contributed by atoms with E-state index >= 15 is 0 Å². The molecule has 9 heteroatoms. The van der Waals surface area contributed by atoms with Crippen LogP contribution in [-0.2, 0) is 4.79 Å². The third-order valence-electron chi connectivity index (χ3n) is 4.85. The molecule has 6 nitrogen and oxygen atoms in total. The van der Waals surface area contributed by atoms with Gasteiger partial charge < -0.3 is 10.2 Å². The summed E-state index contributed by atoms with van der Waals surface area (Å²) in [5.74, 6) is -1.61. The Balaban J connectivity index is 1.46. The van der Waals surface area contributed by atoms with Gasteiger partial charge in [0.15, 0.2) is 11.6 Å². The molecule has 0 bridgehead atoms. The summed E-state index contributed by atoms with van der Waals surface area (Å²) in [7, 11) is 0. The number of nitrogens with one attached hydrogen (secondary N) is 1. The number of non-ortho nitro benzene ring substituents is 1. The zero-order chi connectivity index (χ0) is 21.0. The number of hydrogen-bond donors (Lipinski definition) is 1. The highest BCUT2D eigenvalue weighted by Gasteiger charge is 2.25. The summed E-state index contributed by atoms with van der Waals surface area (Å²) in [5.41, 5.74) is 0.651. The van der Waals surface area contributed by atoms with Gasteiger partial charge in [0.2, 0.25) is 5.91 Å². The molecular formula is C20H21F2N3O3S. The SMILES string of the molecule is CC(Sc1ccc([N+](=O)[O-])cc1)C(=O)NCC1CCN(c2ccc(F)c(F)c2)C1. The normalized spacial score (nSPS) is 17.2. The van der Waals surface area contributed by atoms with Crippen LogP contribution in [0.3, 0.4) is 0 Å². The van der Waals surface area contributed by atoms with Gasteiger partial charge in [-0.1, -0.05) is 0 Å². The molecule has 0 aliphatic carbocycles. The predicted molar refractivity (Wildman–Crippen MR) is 108 cm³/mol. The van der Waals surface area contributed by atoms with Crippen molar-refractivity contribution in [3.05, 3.63) is 64.2 Å². The largest absolute Gasteiger partial charge is 0.371 e. The van der Waals surface area contributed by atoms with Crippen LogP contribution in [0.15, 0.2) is 47.4 Å². The van der Waals surface area contributed by atoms with Crippen LogP contribution in [-0.4, -0.2) is 35.7 Å². The summed E-state index contributed by atoms with van der Waals surface area (Å²) in [5, 5.41) is 13.3. The van der Waals surface area contributed by atoms with Crippen LogP contribution >= 0.6 is 11.8 Å². The molecule has 0 radical (unpaired) electrons. The number of carbonyl (C=O) groups is 1. The number of halogens is 2. The lowest BCUT2D eigenvalue weighted by Gasteiger charge is -2.19. The monoisotopic (exact) mass is 421 g/mol. The van der Waals surface area contributed by atoms with Crippen LogP contribution in [0.2, 0.25) is 0 Å². The molecule has 1 N–H and O–H groups in total. The molecule has 1 saturated heterocycles. The van der Waals surface area contributed by atoms with Crippen molar-refractivity contribution < 1.29 is 18.5 Å². The molecule has 1 heterocycles. The Labute approximate surface area is 171 Å². The number of thioether (sulfide) groups is 1. The number of carbonyl (C=O) groups excluding carboxylic acids is 1. The van der Waals surface area contributed by atoms with Gasteiger partial charge in [-0.15, -0.1) is 11.8 Å². The second-order valence-corrected chi connectivity index (χ2v) is 8.37. The Morgan fingerprint density at radius 3 is 2.66 bits per heavy atom. The summed E-state index contributed by atoms with van der Waals surface area (Å²) in [6.07, 6.45) is 0.850. The number of amides is 1. The lowest BCUT2D eigenvalue weighted by Crippen LogP contribution is -2.35. The second kappa shape index (κ2) is 9.21. The molecule has 1 aliphatic heterocycles. The number of nitrogens with zero attached hydrogens (tertiary/aromatic N) is 2. The maximum Gasteiger partial charge on any atom is 0.269 e. The highest BCUT2D eigenvalue weighted by atomic mass is 32.2. The van der Waals surface area contributed by atoms with E-state index < -0.39 is 16.6 Å². The van der Waals surface area contributed by atoms with Crippen molar-refractivity contribution in [2.24, 2.45) is 5.92 Å². The van der Waals surface area contributed by atoms with Gasteiger partial charge in [-0.2, -0.15) is 0 Å². The summed E-state index contributed by atoms with van der Waals surface area (Å²) in [4.78, 5) is 25.4. The Morgan fingerprint density at radius 2 is 2.00 bits per heavy atom. The molecule has 0 spiro atoms. The fourth-order valence-electron chi connectivity index (χ4n) is 3.21. The summed E-state index contributed by atoms with van der Waals surface area (Å²) in [6, 6.07) is 9.96. The average Bonchev–Trinajstić information content (AvgIpc) is 3.17. The zero-order valence-electron chi connectivity index (χ0n) is 15.8. The fraction of sp³-hybridized carbons (Fsp3) is 0.350. The van der Waals surface area contributed by atoms with Crippen LogP contribution < -0.4 is 10.2 Å². The first-order valence-corrected chi connectivity index (χ1v) is 10.1. The minimum Gasteiger partial charge on any atom is -0.371 e. The molecule has 1 amide bonds. The van der Waals surface area contributed by atoms with Crippen molar-refractivity contribution in [1.29, 1.82) is 0 Å². The van der Waals surface area contributed by atoms with E-state index in [-0.39, 0.29) is 22.8 Å². The Morgan fingerprint density at radius 1 is 1.28 bits per heavy atom. The third kappa shape index (κ3) is 5.44. The molecule has 0 aromatic heterocycles. The van der Waals surface area contributed by atoms with Crippen molar-refractivity contribution >= 4 is 29.0 Å². The minimum atomic E-state index is -0.865. The van der Waals surface area contributed by atoms with Gasteiger partial charge in [-0.05, 0) is 43.5 Å². The van der Waals surface area contributed by atoms with Gasteiger partial charge in [0.25, 0.3) is 5.69 Å². The lowest BCUT2D eigenvalue weighted by atomic mass is 10.1. The molecule has 154 valence electrons. The Kier molecular flexibility index (Phi) is 6.68. The van der Waals surface area contributed by atoms with Crippen LogP contribution in [0.1, 0.15) is 13.3 Å². The predicted octanol–water partition coefficient (Wildman–Crippen LogP) is 4.00. The first kappa shape index (κ1) is 21.0. The van der Waals surface area contributed by atoms with E-state index in [1.165, 1.54) is 30.0 Å². The topological polar surface area (TPSA) is 75.5 Å². The standard InChI is InChI=1S/C20H21F2N3O3S/c1-13(29-17-5-2-15(3-6-17)25(27)28)20(26)23-11-14-8-9-24(12-14)16-4-7-18(21)19(22)10-16/h2-7,10,13-14H,8-9,11-12H2,1H3,(H,23,26). The highest BCUT2D eigenvalue weighted by Crippen LogP contribution is 2.27. The number of nitro benzene ring substituents is 1. The third-order valence-corrected chi connectivity index (χ3v) is 5.96. The van der Waals surface area contributed by atoms with E-state index in [9.17, 15) is 23.7 Å². The quantitative estimate of drug-likeness (QED) is 0.416. The van der Waals surface area contributed by atoms with Crippen molar-refractivity contribution in [1.82, 2.24) is 5.32 Å². The van der Waals surface area contributed by atoms with Crippen LogP contribution in [0.4, 0.5) is 20.2 Å². The lowest BCUT2D eigenvalue weighted by molar-refractivity contribution is -0.384. The van der Waals surface area contributed by atoms with E-state index in [1.807, 2.05) is 4.90 Å². The second-order valence-electron chi connectivity index (χ2n) is 6.96. The number of benzene rings is 2. The number of nitro groups is 1. The summed E-state index contributed by atoms with van der Waals surface area (Å²) < 4.78 is 26.5. The Bertz CT molecular complexity index is 895. The average molecular weight is 421 g/mol. The van der Waals surface area contributed by atoms with Gasteiger partial charge in [-0.25, -0.2) is 8.78 Å². The molecule has 0 saturated carbocycles. The first-order chi connectivity index (χ1) is 13.8. The minimum absolute atomic E-state index is 0.0123. The van der Waals surface area contributed by atoms with Crippen molar-refractivity contribution in [2.75, 3.05) is 24.5 Å². The van der Waals surface area contributed by atoms with Crippen LogP contribution in [0.25, 0.3) is 0 Å². The molecule has 1 fully saturated rings. The van der Waals surface area contributed by atoms with Gasteiger partial charge in [-0.3, -0.25) is 14.9 Å². The van der Waals surface area contributed by atoms with Crippen molar-refractivity contribution in [3.8, 4) is 0 Å². The number of rotatable bonds is 7. The molecular weight excluding hydrogens is 400 g/mol. The molecule has 1 aliphatic rings. The van der Waals surface area contributed by atoms with Gasteiger partial charge in [0, 0.05) is 48.4 Å². The molecule has 29 heavy (non-hydrogen) atoms. The van der Waals surface area contributed by atoms with E-state index in [1.54, 1.807) is 25.1 Å². The molecule has 2 atom stereocenters. The molecule has 2 aromatic carbocycles. The molecule has 2 unspecified atom stereocenters. The van der Waals surface area contributed by atoms with Crippen LogP contribution in [0, 0.1) is 27.7 Å². The van der Waals surface area contributed by atoms with E-state index in [2.05, 4.69) is 5.32 Å². The van der Waals surface area contributed by atoms with Crippen LogP contribution in [0.5, 0.6) is 0 Å². The smallest absolute Gasteiger partial charge is 0.269 e. The molecule has 2 aromatic rings. The van der Waals surface area contributed by atoms with Crippen molar-refractivity contribution in [3.63, 3.8) is 0 Å². The van der Waals surface area contributed by atoms with E-state index in [0.717, 1.165) is 23.9 Å². The highest BCUT2D eigenvalue weighted by molar-refractivity contribution is 8.00. The summed E-state index contributed by atoms with van der Waals surface area (Å²) >= 11 is 1.33. The van der Waals surface area contributed by atoms with Gasteiger partial charge in [0.05, 0.1) is 10.2 Å². The summed E-state index contributed by atoms with van der Waals surface area (Å²) in [6.45, 7) is 3.67. The maximum absolute atomic E-state index is 13.4. The number of hydrogen-bond acceptors (Lipinski definition) is 5. The van der Waals surface area contributed by atoms with Crippen molar-refractivity contribution in [2.45, 2.75) is 23.5 Å². The van der Waals surface area contributed by atoms with Gasteiger partial charge >= 0.3 is 0 Å².